The van der Waals surface area contributed by atoms with E-state index in [0.717, 1.165) is 29.1 Å². The van der Waals surface area contributed by atoms with Gasteiger partial charge in [-0.05, 0) is 44.5 Å². The summed E-state index contributed by atoms with van der Waals surface area (Å²) in [6, 6.07) is 6.36. The molecular formula is C15H20ClN3. The second-order valence-corrected chi connectivity index (χ2v) is 6.25. The minimum atomic E-state index is 0.395. The fraction of sp³-hybridized carbons (Fsp3) is 0.533. The van der Waals surface area contributed by atoms with E-state index in [2.05, 4.69) is 30.7 Å². The number of nitrogens with one attached hydrogen (secondary N) is 1. The van der Waals surface area contributed by atoms with Crippen LogP contribution < -0.4 is 5.32 Å². The molecule has 0 saturated carbocycles. The molecule has 3 nitrogen and oxygen atoms in total. The molecule has 1 aliphatic rings. The molecule has 0 amide bonds. The summed E-state index contributed by atoms with van der Waals surface area (Å²) in [7, 11) is 0. The predicted octanol–water partition coefficient (Wildman–Crippen LogP) is 3.59. The van der Waals surface area contributed by atoms with Crippen LogP contribution in [0.4, 0.5) is 0 Å². The maximum absolute atomic E-state index is 6.14. The molecule has 3 rings (SSSR count). The lowest BCUT2D eigenvalue weighted by Crippen LogP contribution is -2.16. The molecule has 2 heterocycles. The van der Waals surface area contributed by atoms with Crippen molar-refractivity contribution in [3.63, 3.8) is 0 Å². The van der Waals surface area contributed by atoms with Gasteiger partial charge < -0.3 is 9.88 Å². The molecule has 0 spiro atoms. The Morgan fingerprint density at radius 2 is 2.16 bits per heavy atom. The second-order valence-electron chi connectivity index (χ2n) is 5.81. The SMILES string of the molecule is CC1CNCC1c1nc2ccc(Cl)cc2n1C(C)C. The van der Waals surface area contributed by atoms with Crippen LogP contribution in [0.3, 0.4) is 0 Å². The Labute approximate surface area is 119 Å². The van der Waals surface area contributed by atoms with Crippen LogP contribution in [0.25, 0.3) is 11.0 Å². The Morgan fingerprint density at radius 3 is 2.79 bits per heavy atom. The first kappa shape index (κ1) is 12.9. The fourth-order valence-corrected chi connectivity index (χ4v) is 3.21. The number of hydrogen-bond acceptors (Lipinski definition) is 2. The fourth-order valence-electron chi connectivity index (χ4n) is 3.04. The summed E-state index contributed by atoms with van der Waals surface area (Å²) < 4.78 is 2.34. The zero-order valence-corrected chi connectivity index (χ0v) is 12.4. The molecule has 1 aliphatic heterocycles. The van der Waals surface area contributed by atoms with Gasteiger partial charge in [0.1, 0.15) is 5.82 Å². The molecule has 2 atom stereocenters. The average Bonchev–Trinajstić information content (AvgIpc) is 2.91. The standard InChI is InChI=1S/C15H20ClN3/c1-9(2)19-14-6-11(16)4-5-13(14)18-15(19)12-8-17-7-10(12)3/h4-6,9-10,12,17H,7-8H2,1-3H3. The van der Waals surface area contributed by atoms with Crippen LogP contribution in [0.5, 0.6) is 0 Å². The lowest BCUT2D eigenvalue weighted by molar-refractivity contribution is 0.492. The Bertz CT molecular complexity index is 603. The summed E-state index contributed by atoms with van der Waals surface area (Å²) in [6.07, 6.45) is 0. The number of imidazole rings is 1. The largest absolute Gasteiger partial charge is 0.325 e. The van der Waals surface area contributed by atoms with E-state index in [0.29, 0.717) is 17.9 Å². The topological polar surface area (TPSA) is 29.9 Å². The first-order chi connectivity index (χ1) is 9.08. The van der Waals surface area contributed by atoms with E-state index < -0.39 is 0 Å². The van der Waals surface area contributed by atoms with Gasteiger partial charge in [0.25, 0.3) is 0 Å². The van der Waals surface area contributed by atoms with Crippen molar-refractivity contribution in [3.05, 3.63) is 29.0 Å². The highest BCUT2D eigenvalue weighted by atomic mass is 35.5. The lowest BCUT2D eigenvalue weighted by atomic mass is 9.97. The van der Waals surface area contributed by atoms with Crippen molar-refractivity contribution in [2.24, 2.45) is 5.92 Å². The summed E-state index contributed by atoms with van der Waals surface area (Å²) in [6.45, 7) is 8.80. The second kappa shape index (κ2) is 4.80. The van der Waals surface area contributed by atoms with E-state index in [1.54, 1.807) is 0 Å². The van der Waals surface area contributed by atoms with Gasteiger partial charge in [-0.2, -0.15) is 0 Å². The van der Waals surface area contributed by atoms with Gasteiger partial charge in [0.15, 0.2) is 0 Å². The van der Waals surface area contributed by atoms with E-state index in [9.17, 15) is 0 Å². The van der Waals surface area contributed by atoms with E-state index in [1.807, 2.05) is 18.2 Å². The van der Waals surface area contributed by atoms with Crippen LogP contribution in [0.15, 0.2) is 18.2 Å². The molecule has 1 N–H and O–H groups in total. The molecule has 1 aromatic heterocycles. The molecule has 1 aromatic carbocycles. The van der Waals surface area contributed by atoms with Gasteiger partial charge in [0.05, 0.1) is 11.0 Å². The average molecular weight is 278 g/mol. The third-order valence-electron chi connectivity index (χ3n) is 4.04. The van der Waals surface area contributed by atoms with Gasteiger partial charge in [-0.1, -0.05) is 18.5 Å². The van der Waals surface area contributed by atoms with Gasteiger partial charge in [-0.15, -0.1) is 0 Å². The summed E-state index contributed by atoms with van der Waals surface area (Å²) >= 11 is 6.14. The zero-order chi connectivity index (χ0) is 13.6. The Morgan fingerprint density at radius 1 is 1.37 bits per heavy atom. The number of rotatable bonds is 2. The van der Waals surface area contributed by atoms with Crippen molar-refractivity contribution in [2.45, 2.75) is 32.7 Å². The van der Waals surface area contributed by atoms with E-state index >= 15 is 0 Å². The smallest absolute Gasteiger partial charge is 0.114 e. The van der Waals surface area contributed by atoms with Crippen molar-refractivity contribution >= 4 is 22.6 Å². The third kappa shape index (κ3) is 2.15. The maximum Gasteiger partial charge on any atom is 0.114 e. The minimum absolute atomic E-state index is 0.395. The van der Waals surface area contributed by atoms with Crippen molar-refractivity contribution in [2.75, 3.05) is 13.1 Å². The van der Waals surface area contributed by atoms with Crippen molar-refractivity contribution in [3.8, 4) is 0 Å². The first-order valence-electron chi connectivity index (χ1n) is 6.96. The van der Waals surface area contributed by atoms with Crippen LogP contribution in [0.2, 0.25) is 5.02 Å². The number of halogens is 1. The summed E-state index contributed by atoms with van der Waals surface area (Å²) in [5.74, 6) is 2.32. The lowest BCUT2D eigenvalue weighted by Gasteiger charge is -2.19. The van der Waals surface area contributed by atoms with E-state index in [1.165, 1.54) is 5.82 Å². The minimum Gasteiger partial charge on any atom is -0.325 e. The Kier molecular flexibility index (Phi) is 3.27. The highest BCUT2D eigenvalue weighted by Gasteiger charge is 2.30. The van der Waals surface area contributed by atoms with Crippen LogP contribution in [0.1, 0.15) is 38.6 Å². The van der Waals surface area contributed by atoms with Crippen LogP contribution in [-0.2, 0) is 0 Å². The molecule has 19 heavy (non-hydrogen) atoms. The normalized spacial score (nSPS) is 23.6. The number of benzene rings is 1. The molecule has 1 saturated heterocycles. The highest BCUT2D eigenvalue weighted by Crippen LogP contribution is 2.33. The summed E-state index contributed by atoms with van der Waals surface area (Å²) in [5.41, 5.74) is 2.20. The first-order valence-corrected chi connectivity index (χ1v) is 7.34. The number of fused-ring (bicyclic) bond motifs is 1. The quantitative estimate of drug-likeness (QED) is 0.909. The molecule has 1 fully saturated rings. The van der Waals surface area contributed by atoms with Crippen molar-refractivity contribution in [1.29, 1.82) is 0 Å². The van der Waals surface area contributed by atoms with Gasteiger partial charge in [0, 0.05) is 23.5 Å². The summed E-state index contributed by atoms with van der Waals surface area (Å²) in [4.78, 5) is 4.87. The van der Waals surface area contributed by atoms with Gasteiger partial charge >= 0.3 is 0 Å². The summed E-state index contributed by atoms with van der Waals surface area (Å²) in [5, 5.41) is 4.24. The zero-order valence-electron chi connectivity index (χ0n) is 11.7. The number of hydrogen-bond donors (Lipinski definition) is 1. The molecule has 0 radical (unpaired) electrons. The van der Waals surface area contributed by atoms with Crippen LogP contribution in [-0.4, -0.2) is 22.6 Å². The molecular weight excluding hydrogens is 258 g/mol. The highest BCUT2D eigenvalue weighted by molar-refractivity contribution is 6.31. The monoisotopic (exact) mass is 277 g/mol. The Hall–Kier alpha value is -1.06. The van der Waals surface area contributed by atoms with Gasteiger partial charge in [-0.3, -0.25) is 0 Å². The van der Waals surface area contributed by atoms with Crippen molar-refractivity contribution in [1.82, 2.24) is 14.9 Å². The van der Waals surface area contributed by atoms with Gasteiger partial charge in [0.2, 0.25) is 0 Å². The molecule has 2 aromatic rings. The third-order valence-corrected chi connectivity index (χ3v) is 4.28. The van der Waals surface area contributed by atoms with E-state index in [-0.39, 0.29) is 0 Å². The molecule has 4 heteroatoms. The number of aromatic nitrogens is 2. The van der Waals surface area contributed by atoms with Crippen LogP contribution in [0, 0.1) is 5.92 Å². The molecule has 2 unspecified atom stereocenters. The number of nitrogens with zero attached hydrogens (tertiary/aromatic N) is 2. The molecule has 0 aliphatic carbocycles. The van der Waals surface area contributed by atoms with E-state index in [4.69, 9.17) is 16.6 Å². The van der Waals surface area contributed by atoms with Crippen molar-refractivity contribution < 1.29 is 0 Å². The predicted molar refractivity (Wildman–Crippen MR) is 79.9 cm³/mol. The molecule has 102 valence electrons. The van der Waals surface area contributed by atoms with Crippen LogP contribution >= 0.6 is 11.6 Å². The maximum atomic E-state index is 6.14. The molecule has 0 bridgehead atoms. The Balaban J connectivity index is 2.20. The van der Waals surface area contributed by atoms with Gasteiger partial charge in [-0.25, -0.2) is 4.98 Å².